The second-order valence-corrected chi connectivity index (χ2v) is 5.68. The average molecular weight is 292 g/mol. The minimum absolute atomic E-state index is 0.0728. The molecule has 1 unspecified atom stereocenters. The molecule has 0 spiro atoms. The van der Waals surface area contributed by atoms with E-state index >= 15 is 0 Å². The Kier molecular flexibility index (Phi) is 4.79. The van der Waals surface area contributed by atoms with Crippen LogP contribution in [0.25, 0.3) is 0 Å². The molecule has 20 heavy (non-hydrogen) atoms. The first-order valence-corrected chi connectivity index (χ1v) is 7.09. The molecule has 0 saturated heterocycles. The Bertz CT molecular complexity index is 610. The van der Waals surface area contributed by atoms with Gasteiger partial charge in [0.15, 0.2) is 0 Å². The van der Waals surface area contributed by atoms with Gasteiger partial charge in [-0.2, -0.15) is 0 Å². The molecule has 0 amide bonds. The molecule has 2 N–H and O–H groups in total. The van der Waals surface area contributed by atoms with Gasteiger partial charge in [-0.05, 0) is 55.0 Å². The highest BCUT2D eigenvalue weighted by Gasteiger charge is 2.11. The molecule has 2 aromatic carbocycles. The van der Waals surface area contributed by atoms with Gasteiger partial charge in [0.25, 0.3) is 0 Å². The molecule has 0 aliphatic heterocycles. The van der Waals surface area contributed by atoms with Crippen LogP contribution in [-0.2, 0) is 12.8 Å². The summed E-state index contributed by atoms with van der Waals surface area (Å²) in [6.45, 7) is 4.18. The van der Waals surface area contributed by atoms with E-state index in [2.05, 4.69) is 32.0 Å². The van der Waals surface area contributed by atoms with Crippen LogP contribution in [0.2, 0.25) is 5.02 Å². The molecule has 0 aliphatic carbocycles. The molecule has 1 atom stereocenters. The Labute approximate surface area is 124 Å². The van der Waals surface area contributed by atoms with E-state index in [9.17, 15) is 4.39 Å². The largest absolute Gasteiger partial charge is 0.327 e. The number of nitrogens with two attached hydrogens (primary N) is 1. The van der Waals surface area contributed by atoms with E-state index < -0.39 is 0 Å². The first-order valence-electron chi connectivity index (χ1n) is 6.72. The van der Waals surface area contributed by atoms with Crippen LogP contribution in [0, 0.1) is 19.7 Å². The normalized spacial score (nSPS) is 12.4. The maximum absolute atomic E-state index is 13.4. The van der Waals surface area contributed by atoms with Crippen LogP contribution in [0.4, 0.5) is 4.39 Å². The van der Waals surface area contributed by atoms with Crippen molar-refractivity contribution in [2.75, 3.05) is 0 Å². The van der Waals surface area contributed by atoms with E-state index in [0.29, 0.717) is 6.42 Å². The van der Waals surface area contributed by atoms with E-state index in [-0.39, 0.29) is 16.9 Å². The lowest BCUT2D eigenvalue weighted by atomic mass is 9.97. The Morgan fingerprint density at radius 3 is 2.55 bits per heavy atom. The van der Waals surface area contributed by atoms with Crippen LogP contribution >= 0.6 is 11.6 Å². The fourth-order valence-electron chi connectivity index (χ4n) is 2.29. The maximum Gasteiger partial charge on any atom is 0.142 e. The number of aryl methyl sites for hydroxylation is 2. The van der Waals surface area contributed by atoms with Crippen LogP contribution in [0.1, 0.15) is 22.3 Å². The number of hydrogen-bond acceptors (Lipinski definition) is 1. The van der Waals surface area contributed by atoms with Crippen molar-refractivity contribution in [3.63, 3.8) is 0 Å². The van der Waals surface area contributed by atoms with Crippen molar-refractivity contribution in [2.45, 2.75) is 32.7 Å². The summed E-state index contributed by atoms with van der Waals surface area (Å²) in [5.41, 5.74) is 10.7. The van der Waals surface area contributed by atoms with Crippen LogP contribution in [0.15, 0.2) is 36.4 Å². The molecule has 3 heteroatoms. The zero-order chi connectivity index (χ0) is 14.7. The van der Waals surface area contributed by atoms with Gasteiger partial charge in [0.1, 0.15) is 5.82 Å². The fourth-order valence-corrected chi connectivity index (χ4v) is 2.50. The van der Waals surface area contributed by atoms with E-state index in [1.807, 2.05) is 6.07 Å². The average Bonchev–Trinajstić information content (AvgIpc) is 2.39. The Balaban J connectivity index is 2.07. The number of rotatable bonds is 4. The summed E-state index contributed by atoms with van der Waals surface area (Å²) in [4.78, 5) is 0. The lowest BCUT2D eigenvalue weighted by Gasteiger charge is -2.14. The van der Waals surface area contributed by atoms with Crippen molar-refractivity contribution >= 4 is 11.6 Å². The summed E-state index contributed by atoms with van der Waals surface area (Å²) < 4.78 is 13.4. The van der Waals surface area contributed by atoms with Crippen LogP contribution in [-0.4, -0.2) is 6.04 Å². The highest BCUT2D eigenvalue weighted by atomic mass is 35.5. The van der Waals surface area contributed by atoms with Gasteiger partial charge < -0.3 is 5.73 Å². The van der Waals surface area contributed by atoms with Gasteiger partial charge in [-0.15, -0.1) is 0 Å². The third kappa shape index (κ3) is 3.59. The second-order valence-electron chi connectivity index (χ2n) is 5.30. The Hall–Kier alpha value is -1.38. The first kappa shape index (κ1) is 15.0. The molecule has 0 saturated carbocycles. The van der Waals surface area contributed by atoms with Crippen molar-refractivity contribution in [1.29, 1.82) is 0 Å². The Morgan fingerprint density at radius 1 is 1.10 bits per heavy atom. The van der Waals surface area contributed by atoms with Crippen molar-refractivity contribution in [3.8, 4) is 0 Å². The number of halogens is 2. The minimum atomic E-state index is -0.387. The summed E-state index contributed by atoms with van der Waals surface area (Å²) in [6, 6.07) is 11.1. The zero-order valence-corrected chi connectivity index (χ0v) is 12.5. The molecule has 0 aromatic heterocycles. The third-order valence-corrected chi connectivity index (χ3v) is 4.01. The van der Waals surface area contributed by atoms with Gasteiger partial charge >= 0.3 is 0 Å². The van der Waals surface area contributed by atoms with Gasteiger partial charge in [0, 0.05) is 6.04 Å². The van der Waals surface area contributed by atoms with Gasteiger partial charge in [0.05, 0.1) is 5.02 Å². The summed E-state index contributed by atoms with van der Waals surface area (Å²) in [6.07, 6.45) is 1.33. The van der Waals surface area contributed by atoms with E-state index in [4.69, 9.17) is 17.3 Å². The van der Waals surface area contributed by atoms with Crippen molar-refractivity contribution in [2.24, 2.45) is 5.73 Å². The van der Waals surface area contributed by atoms with Crippen LogP contribution in [0.3, 0.4) is 0 Å². The summed E-state index contributed by atoms with van der Waals surface area (Å²) in [5.74, 6) is -0.387. The molecule has 0 bridgehead atoms. The maximum atomic E-state index is 13.4. The number of benzene rings is 2. The standard InChI is InChI=1S/C17H19ClFN/c1-11-6-7-13(8-12(11)2)9-15(20)10-14-4-3-5-16(19)17(14)18/h3-8,15H,9-10,20H2,1-2H3. The van der Waals surface area contributed by atoms with Gasteiger partial charge in [-0.25, -0.2) is 4.39 Å². The van der Waals surface area contributed by atoms with Gasteiger partial charge in [-0.3, -0.25) is 0 Å². The van der Waals surface area contributed by atoms with Gasteiger partial charge in [-0.1, -0.05) is 41.9 Å². The topological polar surface area (TPSA) is 26.0 Å². The summed E-state index contributed by atoms with van der Waals surface area (Å²) in [7, 11) is 0. The SMILES string of the molecule is Cc1ccc(CC(N)Cc2cccc(F)c2Cl)cc1C. The zero-order valence-electron chi connectivity index (χ0n) is 11.8. The first-order chi connectivity index (χ1) is 9.47. The lowest BCUT2D eigenvalue weighted by Crippen LogP contribution is -2.25. The Morgan fingerprint density at radius 2 is 1.85 bits per heavy atom. The molecular formula is C17H19ClFN. The van der Waals surface area contributed by atoms with Crippen molar-refractivity contribution in [1.82, 2.24) is 0 Å². The molecule has 2 aromatic rings. The van der Waals surface area contributed by atoms with E-state index in [1.165, 1.54) is 22.8 Å². The molecule has 106 valence electrons. The van der Waals surface area contributed by atoms with E-state index in [1.54, 1.807) is 6.07 Å². The highest BCUT2D eigenvalue weighted by molar-refractivity contribution is 6.31. The monoisotopic (exact) mass is 291 g/mol. The third-order valence-electron chi connectivity index (χ3n) is 3.58. The highest BCUT2D eigenvalue weighted by Crippen LogP contribution is 2.21. The second kappa shape index (κ2) is 6.38. The van der Waals surface area contributed by atoms with Crippen molar-refractivity contribution < 1.29 is 4.39 Å². The fraction of sp³-hybridized carbons (Fsp3) is 0.294. The van der Waals surface area contributed by atoms with Gasteiger partial charge in [0.2, 0.25) is 0 Å². The molecular weight excluding hydrogens is 273 g/mol. The minimum Gasteiger partial charge on any atom is -0.327 e. The predicted molar refractivity (Wildman–Crippen MR) is 82.7 cm³/mol. The van der Waals surface area contributed by atoms with Crippen LogP contribution < -0.4 is 5.73 Å². The molecule has 2 rings (SSSR count). The predicted octanol–water partition coefficient (Wildman–Crippen LogP) is 4.21. The molecule has 0 radical (unpaired) electrons. The number of hydrogen-bond donors (Lipinski definition) is 1. The summed E-state index contributed by atoms with van der Waals surface area (Å²) >= 11 is 5.96. The molecule has 0 aliphatic rings. The van der Waals surface area contributed by atoms with Crippen molar-refractivity contribution in [3.05, 3.63) is 69.5 Å². The molecule has 0 fully saturated rings. The lowest BCUT2D eigenvalue weighted by molar-refractivity contribution is 0.618. The van der Waals surface area contributed by atoms with Crippen LogP contribution in [0.5, 0.6) is 0 Å². The summed E-state index contributed by atoms with van der Waals surface area (Å²) in [5, 5.41) is 0.183. The molecule has 0 heterocycles. The van der Waals surface area contributed by atoms with E-state index in [0.717, 1.165) is 12.0 Å². The molecule has 1 nitrogen and oxygen atoms in total. The quantitative estimate of drug-likeness (QED) is 0.897. The smallest absolute Gasteiger partial charge is 0.142 e.